The van der Waals surface area contributed by atoms with Crippen molar-refractivity contribution in [2.75, 3.05) is 0 Å². The SMILES string of the molecule is NC(=S)c1cnc2ccccc2c1OCc1ccccc1. The predicted octanol–water partition coefficient (Wildman–Crippen LogP) is 3.45. The molecule has 2 aromatic carbocycles. The predicted molar refractivity (Wildman–Crippen MR) is 88.4 cm³/mol. The lowest BCUT2D eigenvalue weighted by Gasteiger charge is -2.13. The number of fused-ring (bicyclic) bond motifs is 1. The summed E-state index contributed by atoms with van der Waals surface area (Å²) in [6.07, 6.45) is 1.67. The second-order valence-corrected chi connectivity index (χ2v) is 5.10. The van der Waals surface area contributed by atoms with Crippen LogP contribution in [0.3, 0.4) is 0 Å². The van der Waals surface area contributed by atoms with Crippen LogP contribution in [0.15, 0.2) is 60.8 Å². The van der Waals surface area contributed by atoms with Gasteiger partial charge in [0, 0.05) is 11.6 Å². The molecule has 0 saturated carbocycles. The fourth-order valence-corrected chi connectivity index (χ4v) is 2.32. The van der Waals surface area contributed by atoms with Gasteiger partial charge in [0.05, 0.1) is 11.1 Å². The summed E-state index contributed by atoms with van der Waals surface area (Å²) in [7, 11) is 0. The summed E-state index contributed by atoms with van der Waals surface area (Å²) in [6.45, 7) is 0.463. The van der Waals surface area contributed by atoms with Crippen molar-refractivity contribution in [2.24, 2.45) is 5.73 Å². The summed E-state index contributed by atoms with van der Waals surface area (Å²) < 4.78 is 5.99. The molecule has 21 heavy (non-hydrogen) atoms. The van der Waals surface area contributed by atoms with E-state index in [4.69, 9.17) is 22.7 Å². The van der Waals surface area contributed by atoms with Crippen LogP contribution in [0.1, 0.15) is 11.1 Å². The van der Waals surface area contributed by atoms with Gasteiger partial charge in [-0.25, -0.2) is 0 Å². The first-order valence-electron chi connectivity index (χ1n) is 6.60. The van der Waals surface area contributed by atoms with Crippen LogP contribution in [-0.2, 0) is 6.61 Å². The van der Waals surface area contributed by atoms with Crippen molar-refractivity contribution in [3.8, 4) is 5.75 Å². The molecule has 1 aromatic heterocycles. The van der Waals surface area contributed by atoms with Crippen LogP contribution in [0.25, 0.3) is 10.9 Å². The Balaban J connectivity index is 2.02. The normalized spacial score (nSPS) is 10.5. The van der Waals surface area contributed by atoms with Crippen molar-refractivity contribution in [3.63, 3.8) is 0 Å². The number of nitrogens with two attached hydrogens (primary N) is 1. The quantitative estimate of drug-likeness (QED) is 0.749. The molecule has 2 N–H and O–H groups in total. The lowest BCUT2D eigenvalue weighted by molar-refractivity contribution is 0.309. The Hall–Kier alpha value is -2.46. The zero-order valence-corrected chi connectivity index (χ0v) is 12.1. The van der Waals surface area contributed by atoms with Gasteiger partial charge in [-0.15, -0.1) is 0 Å². The molecule has 0 aliphatic rings. The lowest BCUT2D eigenvalue weighted by Crippen LogP contribution is -2.12. The van der Waals surface area contributed by atoms with E-state index in [2.05, 4.69) is 4.98 Å². The summed E-state index contributed by atoms with van der Waals surface area (Å²) in [6, 6.07) is 17.8. The number of para-hydroxylation sites is 1. The van der Waals surface area contributed by atoms with Gasteiger partial charge in [0.25, 0.3) is 0 Å². The van der Waals surface area contributed by atoms with Crippen molar-refractivity contribution in [3.05, 3.63) is 71.9 Å². The fourth-order valence-electron chi connectivity index (χ4n) is 2.18. The van der Waals surface area contributed by atoms with E-state index in [9.17, 15) is 0 Å². The summed E-state index contributed by atoms with van der Waals surface area (Å²) in [5.74, 6) is 0.692. The highest BCUT2D eigenvalue weighted by molar-refractivity contribution is 7.80. The molecule has 0 spiro atoms. The second kappa shape index (κ2) is 5.89. The number of ether oxygens (including phenoxy) is 1. The zero-order valence-electron chi connectivity index (χ0n) is 11.3. The van der Waals surface area contributed by atoms with Crippen LogP contribution in [0.4, 0.5) is 0 Å². The van der Waals surface area contributed by atoms with Gasteiger partial charge in [-0.1, -0.05) is 54.7 Å². The van der Waals surface area contributed by atoms with Gasteiger partial charge >= 0.3 is 0 Å². The molecule has 0 amide bonds. The zero-order chi connectivity index (χ0) is 14.7. The summed E-state index contributed by atoms with van der Waals surface area (Å²) >= 11 is 5.10. The van der Waals surface area contributed by atoms with E-state index < -0.39 is 0 Å². The van der Waals surface area contributed by atoms with E-state index in [-0.39, 0.29) is 4.99 Å². The molecule has 0 atom stereocenters. The Morgan fingerprint density at radius 3 is 2.52 bits per heavy atom. The van der Waals surface area contributed by atoms with Gasteiger partial charge in [0.15, 0.2) is 0 Å². The topological polar surface area (TPSA) is 48.1 Å². The number of rotatable bonds is 4. The van der Waals surface area contributed by atoms with Gasteiger partial charge in [-0.2, -0.15) is 0 Å². The molecule has 0 aliphatic carbocycles. The van der Waals surface area contributed by atoms with Gasteiger partial charge in [-0.3, -0.25) is 4.98 Å². The minimum atomic E-state index is 0.288. The summed E-state index contributed by atoms with van der Waals surface area (Å²) in [5.41, 5.74) is 8.40. The van der Waals surface area contributed by atoms with Crippen LogP contribution in [0, 0.1) is 0 Å². The molecule has 3 aromatic rings. The minimum absolute atomic E-state index is 0.288. The van der Waals surface area contributed by atoms with Crippen molar-refractivity contribution in [1.29, 1.82) is 0 Å². The highest BCUT2D eigenvalue weighted by Crippen LogP contribution is 2.29. The molecule has 0 fully saturated rings. The second-order valence-electron chi connectivity index (χ2n) is 4.66. The smallest absolute Gasteiger partial charge is 0.140 e. The summed E-state index contributed by atoms with van der Waals surface area (Å²) in [4.78, 5) is 4.66. The minimum Gasteiger partial charge on any atom is -0.487 e. The van der Waals surface area contributed by atoms with E-state index in [0.717, 1.165) is 16.5 Å². The van der Waals surface area contributed by atoms with Crippen LogP contribution >= 0.6 is 12.2 Å². The van der Waals surface area contributed by atoms with Gasteiger partial charge < -0.3 is 10.5 Å². The first kappa shape index (κ1) is 13.5. The van der Waals surface area contributed by atoms with Gasteiger partial charge in [0.1, 0.15) is 17.3 Å². The van der Waals surface area contributed by atoms with Crippen molar-refractivity contribution < 1.29 is 4.74 Å². The Bertz CT molecular complexity index is 787. The third kappa shape index (κ3) is 2.85. The molecular formula is C17H14N2OS. The monoisotopic (exact) mass is 294 g/mol. The lowest BCUT2D eigenvalue weighted by atomic mass is 10.1. The van der Waals surface area contributed by atoms with Gasteiger partial charge in [-0.05, 0) is 17.7 Å². The van der Waals surface area contributed by atoms with Crippen LogP contribution in [0.2, 0.25) is 0 Å². The van der Waals surface area contributed by atoms with Crippen molar-refractivity contribution in [1.82, 2.24) is 4.98 Å². The molecule has 0 radical (unpaired) electrons. The standard InChI is InChI=1S/C17H14N2OS/c18-17(21)14-10-19-15-9-5-4-8-13(15)16(14)20-11-12-6-2-1-3-7-12/h1-10H,11H2,(H2,18,21). The third-order valence-electron chi connectivity index (χ3n) is 3.22. The molecule has 4 heteroatoms. The number of thiocarbonyl (C=S) groups is 1. The summed E-state index contributed by atoms with van der Waals surface area (Å²) in [5, 5.41) is 0.915. The molecule has 3 nitrogen and oxygen atoms in total. The molecule has 0 bridgehead atoms. The fraction of sp³-hybridized carbons (Fsp3) is 0.0588. The molecule has 3 rings (SSSR count). The first-order chi connectivity index (χ1) is 10.3. The maximum atomic E-state index is 5.99. The van der Waals surface area contributed by atoms with Gasteiger partial charge in [0.2, 0.25) is 0 Å². The first-order valence-corrected chi connectivity index (χ1v) is 7.01. The Kier molecular flexibility index (Phi) is 3.79. The maximum absolute atomic E-state index is 5.99. The van der Waals surface area contributed by atoms with Crippen LogP contribution in [-0.4, -0.2) is 9.97 Å². The van der Waals surface area contributed by atoms with E-state index in [1.54, 1.807) is 6.20 Å². The van der Waals surface area contributed by atoms with E-state index in [1.807, 2.05) is 54.6 Å². The van der Waals surface area contributed by atoms with Crippen LogP contribution < -0.4 is 10.5 Å². The molecule has 104 valence electrons. The molecule has 1 heterocycles. The number of hydrogen-bond acceptors (Lipinski definition) is 3. The number of aromatic nitrogens is 1. The molecule has 0 saturated heterocycles. The van der Waals surface area contributed by atoms with Crippen molar-refractivity contribution >= 4 is 28.1 Å². The number of hydrogen-bond donors (Lipinski definition) is 1. The largest absolute Gasteiger partial charge is 0.487 e. The molecular weight excluding hydrogens is 280 g/mol. The maximum Gasteiger partial charge on any atom is 0.140 e. The Morgan fingerprint density at radius 1 is 1.05 bits per heavy atom. The van der Waals surface area contributed by atoms with E-state index in [1.165, 1.54) is 0 Å². The van der Waals surface area contributed by atoms with E-state index in [0.29, 0.717) is 17.9 Å². The average Bonchev–Trinajstić information content (AvgIpc) is 2.53. The molecule has 0 unspecified atom stereocenters. The average molecular weight is 294 g/mol. The number of nitrogens with zero attached hydrogens (tertiary/aromatic N) is 1. The Labute approximate surface area is 128 Å². The molecule has 0 aliphatic heterocycles. The Morgan fingerprint density at radius 2 is 1.76 bits per heavy atom. The van der Waals surface area contributed by atoms with E-state index >= 15 is 0 Å². The number of pyridine rings is 1. The third-order valence-corrected chi connectivity index (χ3v) is 3.44. The van der Waals surface area contributed by atoms with Crippen molar-refractivity contribution in [2.45, 2.75) is 6.61 Å². The number of benzene rings is 2. The highest BCUT2D eigenvalue weighted by atomic mass is 32.1. The van der Waals surface area contributed by atoms with Crippen LogP contribution in [0.5, 0.6) is 5.75 Å². The highest BCUT2D eigenvalue weighted by Gasteiger charge is 2.12.